The van der Waals surface area contributed by atoms with Crippen molar-refractivity contribution in [3.63, 3.8) is 0 Å². The third kappa shape index (κ3) is 8.60. The highest BCUT2D eigenvalue weighted by Gasteiger charge is 2.03. The smallest absolute Gasteiger partial charge is 0.224 e. The second kappa shape index (κ2) is 12.0. The van der Waals surface area contributed by atoms with Crippen LogP contribution in [-0.4, -0.2) is 12.2 Å². The average Bonchev–Trinajstić information content (AvgIpc) is 2.53. The van der Waals surface area contributed by atoms with Crippen LogP contribution < -0.4 is 5.32 Å². The molecule has 0 aliphatic heterocycles. The van der Waals surface area contributed by atoms with Crippen molar-refractivity contribution in [2.75, 3.05) is 5.32 Å². The molecule has 0 saturated carbocycles. The molecule has 1 aromatic carbocycles. The number of hydrogen-bond donors (Lipinski definition) is 1. The molecule has 0 fully saturated rings. The zero-order valence-electron chi connectivity index (χ0n) is 13.8. The van der Waals surface area contributed by atoms with Crippen molar-refractivity contribution in [2.45, 2.75) is 71.1 Å². The molecule has 22 heavy (non-hydrogen) atoms. The van der Waals surface area contributed by atoms with Gasteiger partial charge in [0.05, 0.1) is 0 Å². The maximum Gasteiger partial charge on any atom is 0.224 e. The summed E-state index contributed by atoms with van der Waals surface area (Å²) in [6.07, 6.45) is 12.6. The Labute approximate surface area is 134 Å². The van der Waals surface area contributed by atoms with Gasteiger partial charge in [0.15, 0.2) is 0 Å². The molecule has 0 aliphatic carbocycles. The van der Waals surface area contributed by atoms with Crippen LogP contribution in [0.2, 0.25) is 0 Å². The van der Waals surface area contributed by atoms with Gasteiger partial charge in [-0.25, -0.2) is 0 Å². The molecule has 0 spiro atoms. The molecular weight excluding hydrogens is 274 g/mol. The number of carbonyl (C=O) groups is 2. The number of hydrogen-bond acceptors (Lipinski definition) is 2. The van der Waals surface area contributed by atoms with Gasteiger partial charge in [0.2, 0.25) is 5.91 Å². The van der Waals surface area contributed by atoms with Gasteiger partial charge < -0.3 is 5.32 Å². The summed E-state index contributed by atoms with van der Waals surface area (Å²) in [6, 6.07) is 7.00. The standard InChI is InChI=1S/C19H29NO2/c1-2-3-4-5-6-7-8-9-10-14-19(22)20-18-13-11-12-17(15-18)16-21/h11-13,15-16H,2-10,14H2,1H3,(H,20,22). The molecule has 3 heteroatoms. The largest absolute Gasteiger partial charge is 0.326 e. The van der Waals surface area contributed by atoms with Gasteiger partial charge in [-0.2, -0.15) is 0 Å². The number of aldehydes is 1. The van der Waals surface area contributed by atoms with E-state index in [-0.39, 0.29) is 5.91 Å². The van der Waals surface area contributed by atoms with E-state index in [1.807, 2.05) is 0 Å². The van der Waals surface area contributed by atoms with Crippen molar-refractivity contribution in [3.05, 3.63) is 29.8 Å². The SMILES string of the molecule is CCCCCCCCCCCC(=O)Nc1cccc(C=O)c1. The summed E-state index contributed by atoms with van der Waals surface area (Å²) in [5.74, 6) is 0.0333. The fourth-order valence-corrected chi connectivity index (χ4v) is 2.51. The number of amides is 1. The van der Waals surface area contributed by atoms with Gasteiger partial charge in [0, 0.05) is 17.7 Å². The first-order valence-corrected chi connectivity index (χ1v) is 8.61. The number of anilines is 1. The van der Waals surface area contributed by atoms with Crippen molar-refractivity contribution in [1.82, 2.24) is 0 Å². The van der Waals surface area contributed by atoms with Gasteiger partial charge in [-0.3, -0.25) is 9.59 Å². The average molecular weight is 303 g/mol. The quantitative estimate of drug-likeness (QED) is 0.417. The summed E-state index contributed by atoms with van der Waals surface area (Å²) in [5.41, 5.74) is 1.28. The Morgan fingerprint density at radius 1 is 1.00 bits per heavy atom. The topological polar surface area (TPSA) is 46.2 Å². The predicted octanol–water partition coefficient (Wildman–Crippen LogP) is 5.36. The molecule has 0 heterocycles. The second-order valence-corrected chi connectivity index (χ2v) is 5.87. The highest BCUT2D eigenvalue weighted by Crippen LogP contribution is 2.12. The Morgan fingerprint density at radius 2 is 1.64 bits per heavy atom. The summed E-state index contributed by atoms with van der Waals surface area (Å²) in [6.45, 7) is 2.24. The summed E-state index contributed by atoms with van der Waals surface area (Å²) < 4.78 is 0. The van der Waals surface area contributed by atoms with Gasteiger partial charge >= 0.3 is 0 Å². The van der Waals surface area contributed by atoms with E-state index >= 15 is 0 Å². The van der Waals surface area contributed by atoms with Crippen LogP contribution in [0.3, 0.4) is 0 Å². The molecule has 0 saturated heterocycles. The Kier molecular flexibility index (Phi) is 10.0. The van der Waals surface area contributed by atoms with Crippen molar-refractivity contribution in [3.8, 4) is 0 Å². The van der Waals surface area contributed by atoms with Crippen molar-refractivity contribution in [2.24, 2.45) is 0 Å². The van der Waals surface area contributed by atoms with E-state index in [1.54, 1.807) is 24.3 Å². The van der Waals surface area contributed by atoms with E-state index in [1.165, 1.54) is 44.9 Å². The van der Waals surface area contributed by atoms with Crippen molar-refractivity contribution < 1.29 is 9.59 Å². The minimum atomic E-state index is 0.0333. The molecule has 0 atom stereocenters. The molecule has 0 aliphatic rings. The van der Waals surface area contributed by atoms with Crippen molar-refractivity contribution >= 4 is 17.9 Å². The van der Waals surface area contributed by atoms with Gasteiger partial charge in [0.1, 0.15) is 6.29 Å². The fraction of sp³-hybridized carbons (Fsp3) is 0.579. The van der Waals surface area contributed by atoms with Crippen LogP contribution in [0.5, 0.6) is 0 Å². The summed E-state index contributed by atoms with van der Waals surface area (Å²) in [7, 11) is 0. The van der Waals surface area contributed by atoms with E-state index < -0.39 is 0 Å². The number of benzene rings is 1. The van der Waals surface area contributed by atoms with Gasteiger partial charge in [-0.15, -0.1) is 0 Å². The molecule has 1 N–H and O–H groups in total. The monoisotopic (exact) mass is 303 g/mol. The third-order valence-corrected chi connectivity index (χ3v) is 3.81. The molecular formula is C19H29NO2. The molecule has 1 aromatic rings. The minimum Gasteiger partial charge on any atom is -0.326 e. The lowest BCUT2D eigenvalue weighted by molar-refractivity contribution is -0.116. The van der Waals surface area contributed by atoms with Crippen LogP contribution >= 0.6 is 0 Å². The first kappa shape index (κ1) is 18.4. The molecule has 0 aromatic heterocycles. The minimum absolute atomic E-state index is 0.0333. The molecule has 122 valence electrons. The lowest BCUT2D eigenvalue weighted by atomic mass is 10.1. The van der Waals surface area contributed by atoms with E-state index in [2.05, 4.69) is 12.2 Å². The Bertz CT molecular complexity index is 443. The van der Waals surface area contributed by atoms with Crippen LogP contribution in [0.4, 0.5) is 5.69 Å². The van der Waals surface area contributed by atoms with Crippen LogP contribution in [0, 0.1) is 0 Å². The summed E-state index contributed by atoms with van der Waals surface area (Å²) in [4.78, 5) is 22.5. The first-order chi connectivity index (χ1) is 10.8. The predicted molar refractivity (Wildman–Crippen MR) is 92.3 cm³/mol. The molecule has 0 unspecified atom stereocenters. The summed E-state index contributed by atoms with van der Waals surface area (Å²) >= 11 is 0. The third-order valence-electron chi connectivity index (χ3n) is 3.81. The number of carbonyl (C=O) groups excluding carboxylic acids is 2. The zero-order valence-corrected chi connectivity index (χ0v) is 13.8. The lowest BCUT2D eigenvalue weighted by Crippen LogP contribution is -2.11. The fourth-order valence-electron chi connectivity index (χ4n) is 2.51. The van der Waals surface area contributed by atoms with E-state index in [0.29, 0.717) is 17.7 Å². The van der Waals surface area contributed by atoms with E-state index in [0.717, 1.165) is 19.1 Å². The van der Waals surface area contributed by atoms with Crippen LogP contribution in [0.1, 0.15) is 81.5 Å². The lowest BCUT2D eigenvalue weighted by Gasteiger charge is -2.06. The van der Waals surface area contributed by atoms with Gasteiger partial charge in [-0.05, 0) is 18.6 Å². The summed E-state index contributed by atoms with van der Waals surface area (Å²) in [5, 5.41) is 2.84. The molecule has 0 radical (unpaired) electrons. The Balaban J connectivity index is 2.05. The van der Waals surface area contributed by atoms with Crippen LogP contribution in [-0.2, 0) is 4.79 Å². The zero-order chi connectivity index (χ0) is 16.0. The molecule has 3 nitrogen and oxygen atoms in total. The molecule has 1 rings (SSSR count). The normalized spacial score (nSPS) is 10.4. The van der Waals surface area contributed by atoms with Gasteiger partial charge in [-0.1, -0.05) is 70.4 Å². The Hall–Kier alpha value is -1.64. The molecule has 0 bridgehead atoms. The highest BCUT2D eigenvalue weighted by molar-refractivity contribution is 5.91. The first-order valence-electron chi connectivity index (χ1n) is 8.61. The number of rotatable bonds is 12. The molecule has 1 amide bonds. The van der Waals surface area contributed by atoms with E-state index in [4.69, 9.17) is 0 Å². The van der Waals surface area contributed by atoms with Crippen molar-refractivity contribution in [1.29, 1.82) is 0 Å². The van der Waals surface area contributed by atoms with Gasteiger partial charge in [0.25, 0.3) is 0 Å². The maximum atomic E-state index is 11.8. The maximum absolute atomic E-state index is 11.8. The van der Waals surface area contributed by atoms with Crippen LogP contribution in [0.15, 0.2) is 24.3 Å². The van der Waals surface area contributed by atoms with E-state index in [9.17, 15) is 9.59 Å². The number of nitrogens with one attached hydrogen (secondary N) is 1. The second-order valence-electron chi connectivity index (χ2n) is 5.87. The number of unbranched alkanes of at least 4 members (excludes halogenated alkanes) is 8. The highest BCUT2D eigenvalue weighted by atomic mass is 16.1. The van der Waals surface area contributed by atoms with Crippen LogP contribution in [0.25, 0.3) is 0 Å². The Morgan fingerprint density at radius 3 is 2.27 bits per heavy atom.